The minimum Gasteiger partial charge on any atom is -0.333 e. The molecule has 2 aromatic rings. The molecule has 0 spiro atoms. The second kappa shape index (κ2) is 7.16. The first-order chi connectivity index (χ1) is 13.4. The number of nitrogens with zero attached hydrogens (tertiary/aromatic N) is 3. The molecule has 2 aromatic heterocycles. The van der Waals surface area contributed by atoms with Crippen LogP contribution in [0.2, 0.25) is 0 Å². The van der Waals surface area contributed by atoms with Gasteiger partial charge < -0.3 is 10.2 Å². The van der Waals surface area contributed by atoms with E-state index in [0.29, 0.717) is 36.8 Å². The minimum atomic E-state index is -0.540. The van der Waals surface area contributed by atoms with E-state index in [9.17, 15) is 14.4 Å². The molecule has 0 aromatic carbocycles. The van der Waals surface area contributed by atoms with Crippen LogP contribution in [0, 0.1) is 0 Å². The van der Waals surface area contributed by atoms with Crippen molar-refractivity contribution in [3.05, 3.63) is 38.2 Å². The third-order valence-electron chi connectivity index (χ3n) is 5.94. The number of aromatic amines is 1. The molecule has 8 heteroatoms. The molecule has 1 aliphatic heterocycles. The van der Waals surface area contributed by atoms with Gasteiger partial charge in [0.2, 0.25) is 0 Å². The monoisotopic (exact) mass is 385 g/mol. The van der Waals surface area contributed by atoms with Crippen molar-refractivity contribution in [3.63, 3.8) is 0 Å². The third-order valence-corrected chi connectivity index (χ3v) is 5.94. The average molecular weight is 385 g/mol. The summed E-state index contributed by atoms with van der Waals surface area (Å²) in [5.41, 5.74) is 0.489. The number of aryl methyl sites for hydroxylation is 1. The summed E-state index contributed by atoms with van der Waals surface area (Å²) < 4.78 is 1.49. The molecule has 2 aliphatic rings. The highest BCUT2D eigenvalue weighted by molar-refractivity contribution is 6.05. The molecular weight excluding hydrogens is 358 g/mol. The number of pyridine rings is 1. The van der Waals surface area contributed by atoms with E-state index in [1.54, 1.807) is 6.07 Å². The van der Waals surface area contributed by atoms with Gasteiger partial charge in [-0.05, 0) is 39.2 Å². The Morgan fingerprint density at radius 2 is 2.04 bits per heavy atom. The fourth-order valence-electron chi connectivity index (χ4n) is 3.98. The third kappa shape index (κ3) is 3.15. The first kappa shape index (κ1) is 18.9. The van der Waals surface area contributed by atoms with Crippen LogP contribution < -0.4 is 16.6 Å². The summed E-state index contributed by atoms with van der Waals surface area (Å²) in [6.45, 7) is 7.77. The fraction of sp³-hybridized carbons (Fsp3) is 0.600. The summed E-state index contributed by atoms with van der Waals surface area (Å²) in [4.78, 5) is 47.5. The zero-order valence-electron chi connectivity index (χ0n) is 16.6. The lowest BCUT2D eigenvalue weighted by molar-refractivity contribution is 0.0604. The van der Waals surface area contributed by atoms with Crippen molar-refractivity contribution in [2.24, 2.45) is 0 Å². The summed E-state index contributed by atoms with van der Waals surface area (Å²) in [5.74, 6) is 0.141. The van der Waals surface area contributed by atoms with E-state index in [-0.39, 0.29) is 23.4 Å². The summed E-state index contributed by atoms with van der Waals surface area (Å²) in [7, 11) is 0. The number of carbonyl (C=O) groups is 1. The quantitative estimate of drug-likeness (QED) is 0.824. The van der Waals surface area contributed by atoms with Gasteiger partial charge in [0.05, 0.1) is 10.9 Å². The van der Waals surface area contributed by atoms with Crippen LogP contribution in [0.25, 0.3) is 11.0 Å². The molecule has 2 unspecified atom stereocenters. The van der Waals surface area contributed by atoms with Gasteiger partial charge >= 0.3 is 5.69 Å². The molecular formula is C20H27N5O3. The minimum absolute atomic E-state index is 0.00877. The van der Waals surface area contributed by atoms with Crippen molar-refractivity contribution in [3.8, 4) is 0 Å². The van der Waals surface area contributed by atoms with Gasteiger partial charge in [-0.1, -0.05) is 6.92 Å². The maximum atomic E-state index is 13.5. The molecule has 1 saturated heterocycles. The second-order valence-electron chi connectivity index (χ2n) is 7.96. The zero-order chi connectivity index (χ0) is 20.0. The molecule has 150 valence electrons. The molecule has 3 heterocycles. The summed E-state index contributed by atoms with van der Waals surface area (Å²) in [6, 6.07) is 1.96. The lowest BCUT2D eigenvalue weighted by Gasteiger charge is -2.38. The number of hydrogen-bond donors (Lipinski definition) is 2. The van der Waals surface area contributed by atoms with Gasteiger partial charge in [0, 0.05) is 43.3 Å². The van der Waals surface area contributed by atoms with Crippen LogP contribution in [0.4, 0.5) is 0 Å². The molecule has 0 radical (unpaired) electrons. The fourth-order valence-corrected chi connectivity index (χ4v) is 3.98. The molecule has 28 heavy (non-hydrogen) atoms. The van der Waals surface area contributed by atoms with Crippen LogP contribution in [0.15, 0.2) is 15.7 Å². The van der Waals surface area contributed by atoms with Crippen molar-refractivity contribution in [2.45, 2.75) is 64.6 Å². The average Bonchev–Trinajstić information content (AvgIpc) is 3.51. The van der Waals surface area contributed by atoms with Crippen LogP contribution in [0.1, 0.15) is 62.0 Å². The van der Waals surface area contributed by atoms with Crippen molar-refractivity contribution in [2.75, 3.05) is 13.1 Å². The van der Waals surface area contributed by atoms with Crippen LogP contribution in [0.3, 0.4) is 0 Å². The number of H-pyrrole nitrogens is 1. The molecule has 4 rings (SSSR count). The first-order valence-electron chi connectivity index (χ1n) is 10.1. The number of nitrogens with one attached hydrogen (secondary N) is 2. The zero-order valence-corrected chi connectivity index (χ0v) is 16.6. The lowest BCUT2D eigenvalue weighted by atomic mass is 10.0. The number of hydrogen-bond acceptors (Lipinski definition) is 5. The number of piperazine rings is 1. The molecule has 1 amide bonds. The van der Waals surface area contributed by atoms with Crippen LogP contribution in [0.5, 0.6) is 0 Å². The van der Waals surface area contributed by atoms with Gasteiger partial charge in [-0.3, -0.25) is 19.1 Å². The van der Waals surface area contributed by atoms with Gasteiger partial charge in [-0.2, -0.15) is 0 Å². The van der Waals surface area contributed by atoms with Crippen molar-refractivity contribution >= 4 is 16.9 Å². The van der Waals surface area contributed by atoms with E-state index in [2.05, 4.69) is 22.2 Å². The maximum Gasteiger partial charge on any atom is 0.329 e. The Bertz CT molecular complexity index is 1040. The summed E-state index contributed by atoms with van der Waals surface area (Å²) >= 11 is 0. The molecule has 2 atom stereocenters. The predicted molar refractivity (Wildman–Crippen MR) is 107 cm³/mol. The number of aromatic nitrogens is 3. The predicted octanol–water partition coefficient (Wildman–Crippen LogP) is 1.19. The van der Waals surface area contributed by atoms with E-state index < -0.39 is 11.2 Å². The van der Waals surface area contributed by atoms with Gasteiger partial charge in [0.25, 0.3) is 11.5 Å². The van der Waals surface area contributed by atoms with E-state index in [4.69, 9.17) is 0 Å². The Morgan fingerprint density at radius 3 is 2.71 bits per heavy atom. The Hall–Kier alpha value is -2.48. The Morgan fingerprint density at radius 1 is 1.29 bits per heavy atom. The van der Waals surface area contributed by atoms with Gasteiger partial charge in [-0.25, -0.2) is 9.78 Å². The maximum absolute atomic E-state index is 13.5. The Labute approximate surface area is 163 Å². The van der Waals surface area contributed by atoms with Crippen LogP contribution in [-0.4, -0.2) is 50.5 Å². The van der Waals surface area contributed by atoms with Gasteiger partial charge in [0.1, 0.15) is 0 Å². The van der Waals surface area contributed by atoms with Gasteiger partial charge in [0.15, 0.2) is 5.65 Å². The SMILES string of the molecule is CCCn1c(=O)[nH]c(=O)c2c(C(=O)N3CCNC(C)C3C)cc(C3CC3)nc21. The van der Waals surface area contributed by atoms with E-state index in [1.165, 1.54) is 4.57 Å². The van der Waals surface area contributed by atoms with Crippen LogP contribution >= 0.6 is 0 Å². The topological polar surface area (TPSA) is 100 Å². The van der Waals surface area contributed by atoms with Crippen molar-refractivity contribution in [1.29, 1.82) is 0 Å². The highest BCUT2D eigenvalue weighted by atomic mass is 16.2. The number of carbonyl (C=O) groups excluding carboxylic acids is 1. The number of fused-ring (bicyclic) bond motifs is 1. The van der Waals surface area contributed by atoms with Crippen molar-refractivity contribution < 1.29 is 4.79 Å². The molecule has 2 N–H and O–H groups in total. The first-order valence-corrected chi connectivity index (χ1v) is 10.1. The summed E-state index contributed by atoms with van der Waals surface area (Å²) in [5, 5.41) is 3.59. The molecule has 8 nitrogen and oxygen atoms in total. The highest BCUT2D eigenvalue weighted by Crippen LogP contribution is 2.40. The van der Waals surface area contributed by atoms with E-state index in [0.717, 1.165) is 25.0 Å². The molecule has 0 bridgehead atoms. The van der Waals surface area contributed by atoms with E-state index in [1.807, 2.05) is 18.7 Å². The molecule has 2 fully saturated rings. The second-order valence-corrected chi connectivity index (χ2v) is 7.96. The Balaban J connectivity index is 1.94. The largest absolute Gasteiger partial charge is 0.333 e. The standard InChI is InChI=1S/C20H27N5O3/c1-4-8-25-17-16(18(26)23-20(25)28)14(10-15(22-17)13-5-6-13)19(27)24-9-7-21-11(2)12(24)3/h10-13,21H,4-9H2,1-3H3,(H,23,26,28). The molecule has 1 aliphatic carbocycles. The number of rotatable bonds is 4. The van der Waals surface area contributed by atoms with Crippen molar-refractivity contribution in [1.82, 2.24) is 24.8 Å². The smallest absolute Gasteiger partial charge is 0.329 e. The summed E-state index contributed by atoms with van der Waals surface area (Å²) in [6.07, 6.45) is 2.77. The van der Waals surface area contributed by atoms with Crippen LogP contribution in [-0.2, 0) is 6.54 Å². The lowest BCUT2D eigenvalue weighted by Crippen LogP contribution is -2.57. The Kier molecular flexibility index (Phi) is 4.82. The van der Waals surface area contributed by atoms with Gasteiger partial charge in [-0.15, -0.1) is 0 Å². The normalized spacial score (nSPS) is 22.6. The molecule has 1 saturated carbocycles. The number of amides is 1. The van der Waals surface area contributed by atoms with E-state index >= 15 is 0 Å². The highest BCUT2D eigenvalue weighted by Gasteiger charge is 2.33.